The molecule has 2 unspecified atom stereocenters. The second-order valence-electron chi connectivity index (χ2n) is 5.37. The van der Waals surface area contributed by atoms with Crippen molar-refractivity contribution in [1.29, 1.82) is 0 Å². The topological polar surface area (TPSA) is 21.3 Å². The zero-order valence-electron chi connectivity index (χ0n) is 11.3. The molecule has 3 heteroatoms. The Kier molecular flexibility index (Phi) is 4.36. The van der Waals surface area contributed by atoms with E-state index in [1.807, 2.05) is 12.1 Å². The summed E-state index contributed by atoms with van der Waals surface area (Å²) in [7, 11) is 0. The summed E-state index contributed by atoms with van der Waals surface area (Å²) in [5.74, 6) is -0.181. The first-order valence-corrected chi connectivity index (χ1v) is 6.71. The van der Waals surface area contributed by atoms with Crippen molar-refractivity contribution in [1.82, 2.24) is 5.32 Å². The Morgan fingerprint density at radius 1 is 1.17 bits per heavy atom. The van der Waals surface area contributed by atoms with E-state index in [-0.39, 0.29) is 11.9 Å². The minimum atomic E-state index is -0.181. The van der Waals surface area contributed by atoms with Crippen molar-refractivity contribution >= 4 is 0 Å². The van der Waals surface area contributed by atoms with Gasteiger partial charge in [-0.3, -0.25) is 0 Å². The molecule has 0 saturated carbocycles. The minimum Gasteiger partial charge on any atom is -0.375 e. The molecular weight excluding hydrogens is 229 g/mol. The smallest absolute Gasteiger partial charge is 0.123 e. The van der Waals surface area contributed by atoms with E-state index in [4.69, 9.17) is 4.74 Å². The molecule has 1 N–H and O–H groups in total. The predicted octanol–water partition coefficient (Wildman–Crippen LogP) is 3.43. The molecule has 0 bridgehead atoms. The van der Waals surface area contributed by atoms with Gasteiger partial charge in [0.05, 0.1) is 12.2 Å². The molecule has 1 aromatic carbocycles. The third-order valence-corrected chi connectivity index (χ3v) is 3.55. The van der Waals surface area contributed by atoms with Gasteiger partial charge in [-0.25, -0.2) is 4.39 Å². The van der Waals surface area contributed by atoms with Gasteiger partial charge in [0.2, 0.25) is 0 Å². The molecule has 0 radical (unpaired) electrons. The summed E-state index contributed by atoms with van der Waals surface area (Å²) in [6.07, 6.45) is 2.70. The fourth-order valence-electron chi connectivity index (χ4n) is 2.74. The zero-order valence-corrected chi connectivity index (χ0v) is 11.3. The molecule has 0 aliphatic carbocycles. The van der Waals surface area contributed by atoms with Crippen LogP contribution in [0.4, 0.5) is 4.39 Å². The largest absolute Gasteiger partial charge is 0.375 e. The average molecular weight is 251 g/mol. The lowest BCUT2D eigenvalue weighted by atomic mass is 9.98. The van der Waals surface area contributed by atoms with E-state index in [0.717, 1.165) is 18.4 Å². The van der Waals surface area contributed by atoms with Gasteiger partial charge in [0.1, 0.15) is 5.82 Å². The molecule has 1 aromatic rings. The Bertz CT molecular complexity index is 369. The fourth-order valence-corrected chi connectivity index (χ4v) is 2.74. The first-order chi connectivity index (χ1) is 8.54. The van der Waals surface area contributed by atoms with E-state index in [0.29, 0.717) is 18.2 Å². The van der Waals surface area contributed by atoms with Crippen molar-refractivity contribution in [3.8, 4) is 0 Å². The molecule has 0 spiro atoms. The highest BCUT2D eigenvalue weighted by Crippen LogP contribution is 2.22. The van der Waals surface area contributed by atoms with Gasteiger partial charge < -0.3 is 10.1 Å². The van der Waals surface area contributed by atoms with Gasteiger partial charge in [0.15, 0.2) is 0 Å². The minimum absolute atomic E-state index is 0.181. The summed E-state index contributed by atoms with van der Waals surface area (Å²) in [4.78, 5) is 0. The quantitative estimate of drug-likeness (QED) is 0.888. The lowest BCUT2D eigenvalue weighted by molar-refractivity contribution is -0.0433. The summed E-state index contributed by atoms with van der Waals surface area (Å²) < 4.78 is 18.6. The number of halogens is 1. The lowest BCUT2D eigenvalue weighted by Gasteiger charge is -2.34. The number of ether oxygens (including phenoxy) is 1. The summed E-state index contributed by atoms with van der Waals surface area (Å²) in [5.41, 5.74) is 1.13. The normalized spacial score (nSPS) is 30.1. The maximum absolute atomic E-state index is 12.9. The van der Waals surface area contributed by atoms with Gasteiger partial charge in [-0.1, -0.05) is 12.1 Å². The Balaban J connectivity index is 1.94. The van der Waals surface area contributed by atoms with Crippen molar-refractivity contribution in [2.24, 2.45) is 0 Å². The number of rotatable bonds is 3. The highest BCUT2D eigenvalue weighted by molar-refractivity contribution is 5.19. The molecule has 2 nitrogen and oxygen atoms in total. The van der Waals surface area contributed by atoms with E-state index in [1.54, 1.807) is 0 Å². The lowest BCUT2D eigenvalue weighted by Crippen LogP contribution is -2.42. The van der Waals surface area contributed by atoms with Crippen LogP contribution in [0.1, 0.15) is 45.2 Å². The highest BCUT2D eigenvalue weighted by Gasteiger charge is 2.25. The summed E-state index contributed by atoms with van der Waals surface area (Å²) in [6, 6.07) is 7.45. The van der Waals surface area contributed by atoms with Crippen LogP contribution in [0.5, 0.6) is 0 Å². The van der Waals surface area contributed by atoms with E-state index in [9.17, 15) is 4.39 Å². The second-order valence-corrected chi connectivity index (χ2v) is 5.37. The summed E-state index contributed by atoms with van der Waals surface area (Å²) >= 11 is 0. The van der Waals surface area contributed by atoms with Crippen LogP contribution in [0.2, 0.25) is 0 Å². The second kappa shape index (κ2) is 5.81. The molecule has 3 atom stereocenters. The molecule has 1 fully saturated rings. The van der Waals surface area contributed by atoms with Crippen molar-refractivity contribution in [2.45, 2.75) is 57.9 Å². The van der Waals surface area contributed by atoms with Gasteiger partial charge in [-0.15, -0.1) is 0 Å². The van der Waals surface area contributed by atoms with Gasteiger partial charge >= 0.3 is 0 Å². The maximum atomic E-state index is 12.9. The summed E-state index contributed by atoms with van der Waals surface area (Å²) in [6.45, 7) is 6.36. The molecule has 18 heavy (non-hydrogen) atoms. The molecular formula is C15H22FNO. The molecule has 1 aliphatic rings. The SMILES string of the molecule is CC1CC(N[C@@H](C)c2ccc(F)cc2)CC(C)O1. The van der Waals surface area contributed by atoms with Crippen molar-refractivity contribution in [3.63, 3.8) is 0 Å². The van der Waals surface area contributed by atoms with Crippen molar-refractivity contribution in [2.75, 3.05) is 0 Å². The van der Waals surface area contributed by atoms with Crippen LogP contribution in [0.15, 0.2) is 24.3 Å². The van der Waals surface area contributed by atoms with Crippen LogP contribution >= 0.6 is 0 Å². The molecule has 1 saturated heterocycles. The molecule has 0 amide bonds. The van der Waals surface area contributed by atoms with Crippen LogP contribution in [0, 0.1) is 5.82 Å². The monoisotopic (exact) mass is 251 g/mol. The van der Waals surface area contributed by atoms with Gasteiger partial charge in [0.25, 0.3) is 0 Å². The third kappa shape index (κ3) is 3.53. The highest BCUT2D eigenvalue weighted by atomic mass is 19.1. The number of hydrogen-bond donors (Lipinski definition) is 1. The molecule has 0 aromatic heterocycles. The molecule has 1 aliphatic heterocycles. The Morgan fingerprint density at radius 3 is 2.28 bits per heavy atom. The number of hydrogen-bond acceptors (Lipinski definition) is 2. The van der Waals surface area contributed by atoms with Gasteiger partial charge in [0, 0.05) is 12.1 Å². The molecule has 100 valence electrons. The Labute approximate surface area is 109 Å². The van der Waals surface area contributed by atoms with E-state index < -0.39 is 0 Å². The van der Waals surface area contributed by atoms with Crippen molar-refractivity contribution < 1.29 is 9.13 Å². The van der Waals surface area contributed by atoms with E-state index in [2.05, 4.69) is 26.1 Å². The third-order valence-electron chi connectivity index (χ3n) is 3.55. The molecule has 2 rings (SSSR count). The van der Waals surface area contributed by atoms with Crippen LogP contribution in [-0.4, -0.2) is 18.2 Å². The van der Waals surface area contributed by atoms with Crippen molar-refractivity contribution in [3.05, 3.63) is 35.6 Å². The summed E-state index contributed by atoms with van der Waals surface area (Å²) in [5, 5.41) is 3.61. The average Bonchev–Trinajstić information content (AvgIpc) is 2.28. The zero-order chi connectivity index (χ0) is 13.1. The Hall–Kier alpha value is -0.930. The Morgan fingerprint density at radius 2 is 1.72 bits per heavy atom. The van der Waals surface area contributed by atoms with Crippen LogP contribution in [0.3, 0.4) is 0 Å². The maximum Gasteiger partial charge on any atom is 0.123 e. The van der Waals surface area contributed by atoms with Crippen LogP contribution in [-0.2, 0) is 4.74 Å². The van der Waals surface area contributed by atoms with Crippen LogP contribution < -0.4 is 5.32 Å². The number of nitrogens with one attached hydrogen (secondary N) is 1. The van der Waals surface area contributed by atoms with Gasteiger partial charge in [-0.05, 0) is 51.3 Å². The first kappa shape index (κ1) is 13.5. The van der Waals surface area contributed by atoms with Crippen LogP contribution in [0.25, 0.3) is 0 Å². The fraction of sp³-hybridized carbons (Fsp3) is 0.600. The molecule has 1 heterocycles. The first-order valence-electron chi connectivity index (χ1n) is 6.71. The van der Waals surface area contributed by atoms with E-state index in [1.165, 1.54) is 12.1 Å². The number of benzene rings is 1. The standard InChI is InChI=1S/C15H22FNO/c1-10-8-15(9-11(2)18-10)17-12(3)13-4-6-14(16)7-5-13/h4-7,10-12,15,17H,8-9H2,1-3H3/t10?,11?,12-,15?/m0/s1. The van der Waals surface area contributed by atoms with E-state index >= 15 is 0 Å². The van der Waals surface area contributed by atoms with Gasteiger partial charge in [-0.2, -0.15) is 0 Å². The predicted molar refractivity (Wildman–Crippen MR) is 71.0 cm³/mol.